The fraction of sp³-hybridized carbons (Fsp3) is 0.455. The average Bonchev–Trinajstić information content (AvgIpc) is 3.50. The van der Waals surface area contributed by atoms with E-state index in [1.807, 2.05) is 13.1 Å². The van der Waals surface area contributed by atoms with Crippen LogP contribution < -0.4 is 4.90 Å². The molecule has 172 valence electrons. The van der Waals surface area contributed by atoms with Gasteiger partial charge < -0.3 is 4.90 Å². The Balaban J connectivity index is 1.25. The Hall–Kier alpha value is -3.47. The first kappa shape index (κ1) is 21.4. The van der Waals surface area contributed by atoms with E-state index in [0.29, 0.717) is 61.7 Å². The summed E-state index contributed by atoms with van der Waals surface area (Å²) in [7, 11) is 1.82. The molecule has 5 heterocycles. The van der Waals surface area contributed by atoms with E-state index in [9.17, 15) is 9.18 Å². The van der Waals surface area contributed by atoms with Crippen LogP contribution >= 0.6 is 0 Å². The van der Waals surface area contributed by atoms with Crippen molar-refractivity contribution in [1.29, 1.82) is 0 Å². The summed E-state index contributed by atoms with van der Waals surface area (Å²) in [6, 6.07) is 3.04. The van der Waals surface area contributed by atoms with Crippen molar-refractivity contribution < 1.29 is 14.0 Å². The van der Waals surface area contributed by atoms with Gasteiger partial charge in [0.2, 0.25) is 5.91 Å². The monoisotopic (exact) mass is 452 g/mol. The molecule has 5 rings (SSSR count). The third-order valence-electron chi connectivity index (χ3n) is 6.31. The maximum atomic E-state index is 14.0. The van der Waals surface area contributed by atoms with Crippen molar-refractivity contribution in [3.05, 3.63) is 48.1 Å². The van der Waals surface area contributed by atoms with Gasteiger partial charge in [-0.1, -0.05) is 0 Å². The Bertz CT molecular complexity index is 1160. The lowest BCUT2D eigenvalue weighted by Crippen LogP contribution is -2.42. The minimum atomic E-state index is -0.370. The highest BCUT2D eigenvalue weighted by Gasteiger charge is 2.37. The Labute approximate surface area is 190 Å². The summed E-state index contributed by atoms with van der Waals surface area (Å²) >= 11 is 0. The highest BCUT2D eigenvalue weighted by molar-refractivity contribution is 5.79. The molecule has 3 aromatic rings. The summed E-state index contributed by atoms with van der Waals surface area (Å²) in [4.78, 5) is 38.1. The van der Waals surface area contributed by atoms with Crippen LogP contribution in [0.1, 0.15) is 36.6 Å². The molecule has 0 aromatic carbocycles. The normalized spacial score (nSPS) is 19.3. The van der Waals surface area contributed by atoms with Gasteiger partial charge in [0.25, 0.3) is 0 Å². The van der Waals surface area contributed by atoms with Crippen LogP contribution in [-0.2, 0) is 16.7 Å². The van der Waals surface area contributed by atoms with Gasteiger partial charge in [-0.3, -0.25) is 14.6 Å². The van der Waals surface area contributed by atoms with Crippen LogP contribution in [0.3, 0.4) is 0 Å². The van der Waals surface area contributed by atoms with E-state index in [-0.39, 0.29) is 23.7 Å². The second-order valence-corrected chi connectivity index (χ2v) is 8.37. The van der Waals surface area contributed by atoms with E-state index in [2.05, 4.69) is 29.9 Å². The van der Waals surface area contributed by atoms with Crippen molar-refractivity contribution in [2.24, 2.45) is 13.0 Å². The molecular weight excluding hydrogens is 427 g/mol. The number of amides is 1. The number of rotatable bonds is 4. The standard InChI is InChI=1S/C22H25FN8O2/c1-14-17(23)9-16(11-24-14)19-5-8-33-31(19)22(32)15-3-6-30(7-4-15)20-10-18(25-12-26-20)21-27-13-28-29(21)2/h9-13,15,19H,3-8H2,1-2H3/t19-/m0/s1. The fourth-order valence-corrected chi connectivity index (χ4v) is 4.40. The van der Waals surface area contributed by atoms with Gasteiger partial charge in [0, 0.05) is 44.7 Å². The van der Waals surface area contributed by atoms with Crippen LogP contribution in [-0.4, -0.2) is 60.4 Å². The van der Waals surface area contributed by atoms with Crippen molar-refractivity contribution in [2.45, 2.75) is 32.2 Å². The number of anilines is 1. The molecule has 2 aliphatic rings. The summed E-state index contributed by atoms with van der Waals surface area (Å²) < 4.78 is 15.7. The smallest absolute Gasteiger partial charge is 0.249 e. The number of hydroxylamine groups is 2. The topological polar surface area (TPSA) is 102 Å². The Morgan fingerprint density at radius 3 is 2.64 bits per heavy atom. The van der Waals surface area contributed by atoms with E-state index in [1.54, 1.807) is 17.8 Å². The van der Waals surface area contributed by atoms with Gasteiger partial charge in [0.05, 0.1) is 18.3 Å². The zero-order chi connectivity index (χ0) is 22.9. The van der Waals surface area contributed by atoms with Gasteiger partial charge in [-0.05, 0) is 31.4 Å². The third kappa shape index (κ3) is 4.15. The van der Waals surface area contributed by atoms with E-state index in [0.717, 1.165) is 5.82 Å². The molecule has 0 radical (unpaired) electrons. The molecule has 0 N–H and O–H groups in total. The molecule has 33 heavy (non-hydrogen) atoms. The number of aromatic nitrogens is 6. The van der Waals surface area contributed by atoms with Crippen LogP contribution in [0.2, 0.25) is 0 Å². The van der Waals surface area contributed by atoms with Crippen LogP contribution in [0, 0.1) is 18.7 Å². The third-order valence-corrected chi connectivity index (χ3v) is 6.31. The molecule has 0 bridgehead atoms. The zero-order valence-electron chi connectivity index (χ0n) is 18.6. The zero-order valence-corrected chi connectivity index (χ0v) is 18.6. The molecule has 0 spiro atoms. The van der Waals surface area contributed by atoms with Crippen LogP contribution in [0.5, 0.6) is 0 Å². The highest BCUT2D eigenvalue weighted by atomic mass is 19.1. The van der Waals surface area contributed by atoms with Gasteiger partial charge in [0.15, 0.2) is 5.82 Å². The van der Waals surface area contributed by atoms with Crippen LogP contribution in [0.15, 0.2) is 31.0 Å². The van der Waals surface area contributed by atoms with Gasteiger partial charge in [0.1, 0.15) is 30.0 Å². The summed E-state index contributed by atoms with van der Waals surface area (Å²) in [5.74, 6) is 0.879. The molecule has 1 atom stereocenters. The molecule has 0 saturated carbocycles. The quantitative estimate of drug-likeness (QED) is 0.594. The number of aryl methyl sites for hydroxylation is 2. The van der Waals surface area contributed by atoms with Gasteiger partial charge in [-0.15, -0.1) is 0 Å². The SMILES string of the molecule is Cc1ncc([C@@H]2CCON2C(=O)C2CCN(c3cc(-c4ncnn4C)ncn3)CC2)cc1F. The maximum absolute atomic E-state index is 14.0. The molecule has 10 nitrogen and oxygen atoms in total. The Morgan fingerprint density at radius 1 is 1.09 bits per heavy atom. The fourth-order valence-electron chi connectivity index (χ4n) is 4.40. The lowest BCUT2D eigenvalue weighted by atomic mass is 9.94. The number of piperidine rings is 1. The number of halogens is 1. The van der Waals surface area contributed by atoms with Crippen molar-refractivity contribution in [3.8, 4) is 11.5 Å². The molecule has 0 aliphatic carbocycles. The van der Waals surface area contributed by atoms with Crippen LogP contribution in [0.25, 0.3) is 11.5 Å². The molecule has 3 aromatic heterocycles. The average molecular weight is 452 g/mol. The molecule has 1 amide bonds. The second kappa shape index (κ2) is 8.81. The van der Waals surface area contributed by atoms with E-state index in [1.165, 1.54) is 23.8 Å². The van der Waals surface area contributed by atoms with Gasteiger partial charge >= 0.3 is 0 Å². The second-order valence-electron chi connectivity index (χ2n) is 8.37. The number of carbonyl (C=O) groups is 1. The summed E-state index contributed by atoms with van der Waals surface area (Å²) in [5.41, 5.74) is 1.71. The lowest BCUT2D eigenvalue weighted by molar-refractivity contribution is -0.182. The van der Waals surface area contributed by atoms with Crippen molar-refractivity contribution >= 4 is 11.7 Å². The number of carbonyl (C=O) groups excluding carboxylic acids is 1. The first-order chi connectivity index (χ1) is 16.0. The Kier molecular flexibility index (Phi) is 5.71. The van der Waals surface area contributed by atoms with Gasteiger partial charge in [-0.25, -0.2) is 29.1 Å². The summed E-state index contributed by atoms with van der Waals surface area (Å²) in [5, 5.41) is 5.53. The van der Waals surface area contributed by atoms with Crippen molar-refractivity contribution in [3.63, 3.8) is 0 Å². The molecular formula is C22H25FN8O2. The van der Waals surface area contributed by atoms with E-state index >= 15 is 0 Å². The summed E-state index contributed by atoms with van der Waals surface area (Å²) in [6.07, 6.45) is 6.62. The number of hydrogen-bond donors (Lipinski definition) is 0. The van der Waals surface area contributed by atoms with E-state index < -0.39 is 0 Å². The molecule has 2 fully saturated rings. The molecule has 2 aliphatic heterocycles. The summed E-state index contributed by atoms with van der Waals surface area (Å²) in [6.45, 7) is 3.42. The maximum Gasteiger partial charge on any atom is 0.249 e. The Morgan fingerprint density at radius 2 is 1.91 bits per heavy atom. The first-order valence-corrected chi connectivity index (χ1v) is 11.0. The predicted octanol–water partition coefficient (Wildman–Crippen LogP) is 2.24. The number of nitrogens with zero attached hydrogens (tertiary/aromatic N) is 8. The van der Waals surface area contributed by atoms with Crippen LogP contribution in [0.4, 0.5) is 10.2 Å². The largest absolute Gasteiger partial charge is 0.356 e. The number of pyridine rings is 1. The molecule has 11 heteroatoms. The van der Waals surface area contributed by atoms with Gasteiger partial charge in [-0.2, -0.15) is 5.10 Å². The molecule has 2 saturated heterocycles. The first-order valence-electron chi connectivity index (χ1n) is 11.0. The molecule has 0 unspecified atom stereocenters. The highest BCUT2D eigenvalue weighted by Crippen LogP contribution is 2.34. The number of hydrogen-bond acceptors (Lipinski definition) is 8. The van der Waals surface area contributed by atoms with Crippen molar-refractivity contribution in [2.75, 3.05) is 24.6 Å². The minimum absolute atomic E-state index is 0.0550. The van der Waals surface area contributed by atoms with E-state index in [4.69, 9.17) is 4.84 Å². The lowest BCUT2D eigenvalue weighted by Gasteiger charge is -2.34. The van der Waals surface area contributed by atoms with Crippen molar-refractivity contribution in [1.82, 2.24) is 34.8 Å². The minimum Gasteiger partial charge on any atom is -0.356 e. The predicted molar refractivity (Wildman–Crippen MR) is 116 cm³/mol.